The first kappa shape index (κ1) is 32.2. The van der Waals surface area contributed by atoms with E-state index in [1.54, 1.807) is 27.7 Å². The molecule has 1 aliphatic heterocycles. The molecule has 1 heterocycles. The second kappa shape index (κ2) is 14.2. The van der Waals surface area contributed by atoms with Crippen LogP contribution in [0.1, 0.15) is 44.7 Å². The summed E-state index contributed by atoms with van der Waals surface area (Å²) in [5.74, 6) is -1.56. The number of hydrogen-bond acceptors (Lipinski definition) is 8. The summed E-state index contributed by atoms with van der Waals surface area (Å²) in [7, 11) is -3.71. The number of imide groups is 1. The Morgan fingerprint density at radius 2 is 1.63 bits per heavy atom. The van der Waals surface area contributed by atoms with Gasteiger partial charge in [-0.3, -0.25) is 19.5 Å². The summed E-state index contributed by atoms with van der Waals surface area (Å²) in [6.45, 7) is 6.62. The van der Waals surface area contributed by atoms with Crippen LogP contribution < -0.4 is 10.6 Å². The molecule has 1 aliphatic carbocycles. The third-order valence-electron chi connectivity index (χ3n) is 7.34. The number of amides is 5. The molecule has 0 radical (unpaired) electrons. The first-order valence-corrected chi connectivity index (χ1v) is 16.1. The molecule has 2 aromatic rings. The van der Waals surface area contributed by atoms with Crippen molar-refractivity contribution in [2.45, 2.75) is 39.7 Å². The molecule has 13 heteroatoms. The highest BCUT2D eigenvalue weighted by Gasteiger charge is 2.35. The van der Waals surface area contributed by atoms with Gasteiger partial charge in [-0.1, -0.05) is 55.5 Å². The molecular weight excluding hydrogens is 575 g/mol. The Morgan fingerprint density at radius 3 is 2.21 bits per heavy atom. The molecule has 2 N–H and O–H groups in total. The Morgan fingerprint density at radius 1 is 1.05 bits per heavy atom. The van der Waals surface area contributed by atoms with Gasteiger partial charge in [-0.15, -0.1) is 0 Å². The van der Waals surface area contributed by atoms with Crippen molar-refractivity contribution in [3.63, 3.8) is 0 Å². The molecule has 2 aliphatic rings. The van der Waals surface area contributed by atoms with Crippen molar-refractivity contribution in [2.24, 2.45) is 5.92 Å². The Balaban J connectivity index is 1.41. The molecule has 232 valence electrons. The van der Waals surface area contributed by atoms with Gasteiger partial charge >= 0.3 is 19.7 Å². The second-order valence-electron chi connectivity index (χ2n) is 10.7. The SMILES string of the molecule is CCOP(=O)(CN(C[C@H](C)NC(=O)OCC1c2ccccc2-c2ccccc21)C(=O)CN1CC(C)C(=O)NC1=O)OCC. The van der Waals surface area contributed by atoms with Crippen LogP contribution in [-0.2, 0) is 27.9 Å². The van der Waals surface area contributed by atoms with Gasteiger partial charge in [0.05, 0.1) is 19.1 Å². The van der Waals surface area contributed by atoms with Gasteiger partial charge in [0.2, 0.25) is 11.8 Å². The molecule has 43 heavy (non-hydrogen) atoms. The average molecular weight is 615 g/mol. The monoisotopic (exact) mass is 614 g/mol. The lowest BCUT2D eigenvalue weighted by Crippen LogP contribution is -2.56. The lowest BCUT2D eigenvalue weighted by Gasteiger charge is -2.33. The zero-order chi connectivity index (χ0) is 31.1. The number of benzene rings is 2. The van der Waals surface area contributed by atoms with Crippen LogP contribution in [0.15, 0.2) is 48.5 Å². The van der Waals surface area contributed by atoms with Gasteiger partial charge in [-0.05, 0) is 43.0 Å². The molecular formula is C30H39N4O8P. The zero-order valence-corrected chi connectivity index (χ0v) is 25.8. The maximum Gasteiger partial charge on any atom is 0.407 e. The number of rotatable bonds is 13. The minimum Gasteiger partial charge on any atom is -0.449 e. The Kier molecular flexibility index (Phi) is 10.6. The zero-order valence-electron chi connectivity index (χ0n) is 24.9. The van der Waals surface area contributed by atoms with E-state index in [4.69, 9.17) is 13.8 Å². The van der Waals surface area contributed by atoms with Crippen LogP contribution in [0.5, 0.6) is 0 Å². The largest absolute Gasteiger partial charge is 0.449 e. The summed E-state index contributed by atoms with van der Waals surface area (Å²) in [6, 6.07) is 14.7. The third-order valence-corrected chi connectivity index (χ3v) is 9.33. The van der Waals surface area contributed by atoms with Crippen LogP contribution in [0.2, 0.25) is 0 Å². The van der Waals surface area contributed by atoms with Crippen LogP contribution in [0.3, 0.4) is 0 Å². The Bertz CT molecular complexity index is 1350. The number of carbonyl (C=O) groups excluding carboxylic acids is 4. The molecule has 2 aromatic carbocycles. The number of nitrogens with zero attached hydrogens (tertiary/aromatic N) is 2. The standard InChI is InChI=1S/C30H39N4O8P/c1-5-41-43(39,42-6-2)19-34(27(35)17-33-15-20(3)28(36)32-29(33)37)16-21(4)31-30(38)40-18-26-24-13-9-7-11-22(24)23-12-8-10-14-25(23)26/h7-14,20-21,26H,5-6,15-19H2,1-4H3,(H,31,38)(H,32,36,37)/t20?,21-/m0/s1. The predicted octanol–water partition coefficient (Wildman–Crippen LogP) is 4.15. The molecule has 1 unspecified atom stereocenters. The van der Waals surface area contributed by atoms with Gasteiger partial charge in [-0.25, -0.2) is 9.59 Å². The van der Waals surface area contributed by atoms with Gasteiger partial charge in [0, 0.05) is 25.0 Å². The van der Waals surface area contributed by atoms with Crippen molar-refractivity contribution in [1.82, 2.24) is 20.4 Å². The molecule has 4 rings (SSSR count). The van der Waals surface area contributed by atoms with E-state index in [1.165, 1.54) is 9.80 Å². The van der Waals surface area contributed by atoms with Crippen LogP contribution in [0.4, 0.5) is 9.59 Å². The number of alkyl carbamates (subject to hydrolysis) is 1. The van der Waals surface area contributed by atoms with Crippen molar-refractivity contribution in [3.8, 4) is 11.1 Å². The highest BCUT2D eigenvalue weighted by molar-refractivity contribution is 7.53. The van der Waals surface area contributed by atoms with Crippen LogP contribution in [0, 0.1) is 5.92 Å². The molecule has 0 saturated carbocycles. The number of nitrogens with one attached hydrogen (secondary N) is 2. The van der Waals surface area contributed by atoms with E-state index in [0.717, 1.165) is 22.3 Å². The third kappa shape index (κ3) is 7.81. The number of hydrogen-bond donors (Lipinski definition) is 2. The van der Waals surface area contributed by atoms with E-state index in [0.29, 0.717) is 0 Å². The number of ether oxygens (including phenoxy) is 1. The summed E-state index contributed by atoms with van der Waals surface area (Å²) < 4.78 is 29.8. The molecule has 1 fully saturated rings. The fraction of sp³-hybridized carbons (Fsp3) is 0.467. The summed E-state index contributed by atoms with van der Waals surface area (Å²) in [5, 5.41) is 4.98. The van der Waals surface area contributed by atoms with Gasteiger partial charge in [0.15, 0.2) is 0 Å². The highest BCUT2D eigenvalue weighted by Crippen LogP contribution is 2.48. The van der Waals surface area contributed by atoms with Crippen LogP contribution in [-0.4, -0.2) is 85.5 Å². The minimum absolute atomic E-state index is 0.0584. The van der Waals surface area contributed by atoms with Crippen LogP contribution >= 0.6 is 7.60 Å². The van der Waals surface area contributed by atoms with Gasteiger partial charge in [0.25, 0.3) is 0 Å². The quantitative estimate of drug-likeness (QED) is 0.320. The Hall–Kier alpha value is -3.73. The first-order valence-electron chi connectivity index (χ1n) is 14.4. The van der Waals surface area contributed by atoms with Crippen molar-refractivity contribution in [2.75, 3.05) is 45.7 Å². The van der Waals surface area contributed by atoms with E-state index < -0.39 is 43.5 Å². The predicted molar refractivity (Wildman–Crippen MR) is 159 cm³/mol. The molecule has 0 bridgehead atoms. The summed E-state index contributed by atoms with van der Waals surface area (Å²) in [4.78, 5) is 52.9. The van der Waals surface area contributed by atoms with Crippen LogP contribution in [0.25, 0.3) is 11.1 Å². The summed E-state index contributed by atoms with van der Waals surface area (Å²) in [6.07, 6.45) is -1.05. The van der Waals surface area contributed by atoms with Crippen molar-refractivity contribution >= 4 is 31.5 Å². The highest BCUT2D eigenvalue weighted by atomic mass is 31.2. The van der Waals surface area contributed by atoms with E-state index in [-0.39, 0.29) is 51.7 Å². The molecule has 0 spiro atoms. The van der Waals surface area contributed by atoms with Crippen molar-refractivity contribution < 1.29 is 37.5 Å². The topological polar surface area (TPSA) is 144 Å². The van der Waals surface area contributed by atoms with Crippen molar-refractivity contribution in [3.05, 3.63) is 59.7 Å². The lowest BCUT2D eigenvalue weighted by atomic mass is 9.98. The number of carbonyl (C=O) groups is 4. The second-order valence-corrected chi connectivity index (χ2v) is 12.7. The maximum absolute atomic E-state index is 13.4. The summed E-state index contributed by atoms with van der Waals surface area (Å²) >= 11 is 0. The smallest absolute Gasteiger partial charge is 0.407 e. The van der Waals surface area contributed by atoms with Gasteiger partial charge in [-0.2, -0.15) is 0 Å². The Labute approximate surface area is 251 Å². The van der Waals surface area contributed by atoms with E-state index in [1.807, 2.05) is 36.4 Å². The fourth-order valence-electron chi connectivity index (χ4n) is 5.38. The molecule has 1 saturated heterocycles. The molecule has 0 aromatic heterocycles. The lowest BCUT2D eigenvalue weighted by molar-refractivity contribution is -0.133. The fourth-order valence-corrected chi connectivity index (χ4v) is 7.10. The molecule has 5 amide bonds. The normalized spacial score (nSPS) is 17.1. The maximum atomic E-state index is 13.4. The van der Waals surface area contributed by atoms with E-state index in [9.17, 15) is 23.7 Å². The van der Waals surface area contributed by atoms with Gasteiger partial charge < -0.3 is 28.9 Å². The average Bonchev–Trinajstić information content (AvgIpc) is 3.28. The minimum atomic E-state index is -3.71. The molecule has 12 nitrogen and oxygen atoms in total. The van der Waals surface area contributed by atoms with Gasteiger partial charge in [0.1, 0.15) is 19.4 Å². The van der Waals surface area contributed by atoms with Crippen molar-refractivity contribution in [1.29, 1.82) is 0 Å². The summed E-state index contributed by atoms with van der Waals surface area (Å²) in [5.41, 5.74) is 4.40. The number of fused-ring (bicyclic) bond motifs is 3. The van der Waals surface area contributed by atoms with E-state index in [2.05, 4.69) is 22.8 Å². The van der Waals surface area contributed by atoms with E-state index >= 15 is 0 Å². The first-order chi connectivity index (χ1) is 20.5. The molecule has 2 atom stereocenters. The number of urea groups is 1.